The van der Waals surface area contributed by atoms with Crippen LogP contribution in [0, 0.1) is 0 Å². The van der Waals surface area contributed by atoms with Crippen LogP contribution in [0.25, 0.3) is 0 Å². The molecule has 5 atom stereocenters. The lowest BCUT2D eigenvalue weighted by Crippen LogP contribution is -2.58. The summed E-state index contributed by atoms with van der Waals surface area (Å²) in [7, 11) is -5.06. The van der Waals surface area contributed by atoms with Crippen LogP contribution < -0.4 is 27.0 Å². The molecule has 1 aromatic carbocycles. The van der Waals surface area contributed by atoms with Crippen molar-refractivity contribution in [1.29, 1.82) is 0 Å². The highest BCUT2D eigenvalue weighted by Crippen LogP contribution is 2.38. The summed E-state index contributed by atoms with van der Waals surface area (Å²) in [6.07, 6.45) is -0.525. The summed E-state index contributed by atoms with van der Waals surface area (Å²) < 4.78 is 15.5. The number of primary amides is 1. The Hall–Kier alpha value is -3.77. The molecule has 5 amide bonds. The fourth-order valence-corrected chi connectivity index (χ4v) is 4.87. The molecular formula is C24H33N6O11PS. The van der Waals surface area contributed by atoms with Gasteiger partial charge in [-0.25, -0.2) is 4.57 Å². The molecule has 43 heavy (non-hydrogen) atoms. The highest BCUT2D eigenvalue weighted by molar-refractivity contribution is 7.46. The molecule has 0 radical (unpaired) electrons. The van der Waals surface area contributed by atoms with Crippen molar-refractivity contribution in [3.05, 3.63) is 52.0 Å². The topological polar surface area (TPSA) is 280 Å². The quantitative estimate of drug-likeness (QED) is 0.0893. The van der Waals surface area contributed by atoms with E-state index in [1.54, 1.807) is 19.1 Å². The Balaban J connectivity index is 2.07. The van der Waals surface area contributed by atoms with Crippen LogP contribution in [0.4, 0.5) is 0 Å². The second kappa shape index (κ2) is 16.2. The van der Waals surface area contributed by atoms with Gasteiger partial charge in [0, 0.05) is 24.2 Å². The van der Waals surface area contributed by atoms with Gasteiger partial charge in [0.05, 0.1) is 29.7 Å². The highest BCUT2D eigenvalue weighted by Gasteiger charge is 2.34. The van der Waals surface area contributed by atoms with E-state index >= 15 is 0 Å². The standard InChI is InChI=1S/C24H33N6O11PS/c1-12(27-22(35)15-5-3-14(9-31)4-6-15)7-18(33)29-20(17-8-26-11-43-17)24(37)28-16(10-32)23(36)30-19(21(25)34)13(2)41-42(38,39)40/h3-6,8,11-13,16,19-20,31-32H,7,9-10H2,1-2H3,(H2,25,34)(H,27,35)(H,28,37)(H,29,33)(H,30,36)(H2,38,39,40)/t12-,13-,16+,19+,20+/m1/s1. The number of nitrogens with zero attached hydrogens (tertiary/aromatic N) is 1. The van der Waals surface area contributed by atoms with E-state index in [2.05, 4.69) is 30.8 Å². The van der Waals surface area contributed by atoms with Crippen molar-refractivity contribution in [2.24, 2.45) is 5.73 Å². The Bertz CT molecular complexity index is 1320. The Morgan fingerprint density at radius 3 is 2.16 bits per heavy atom. The Morgan fingerprint density at radius 2 is 1.65 bits per heavy atom. The number of phosphoric acid groups is 1. The van der Waals surface area contributed by atoms with Gasteiger partial charge in [-0.05, 0) is 31.5 Å². The van der Waals surface area contributed by atoms with Crippen LogP contribution in [0.15, 0.2) is 36.0 Å². The Labute approximate surface area is 249 Å². The fraction of sp³-hybridized carbons (Fsp3) is 0.417. The van der Waals surface area contributed by atoms with E-state index < -0.39 is 74.2 Å². The molecule has 2 aromatic rings. The molecule has 1 aromatic heterocycles. The van der Waals surface area contributed by atoms with Crippen molar-refractivity contribution < 1.29 is 53.1 Å². The van der Waals surface area contributed by atoms with Gasteiger partial charge in [-0.2, -0.15) is 0 Å². The predicted octanol–water partition coefficient (Wildman–Crippen LogP) is -2.05. The van der Waals surface area contributed by atoms with E-state index in [1.165, 1.54) is 23.8 Å². The first-order valence-corrected chi connectivity index (χ1v) is 15.0. The average molecular weight is 645 g/mol. The molecule has 0 unspecified atom stereocenters. The summed E-state index contributed by atoms with van der Waals surface area (Å²) in [4.78, 5) is 85.1. The van der Waals surface area contributed by atoms with Crippen LogP contribution in [-0.4, -0.2) is 85.4 Å². The first-order chi connectivity index (χ1) is 20.1. The van der Waals surface area contributed by atoms with Gasteiger partial charge in [0.1, 0.15) is 18.1 Å². The Morgan fingerprint density at radius 1 is 1.00 bits per heavy atom. The lowest BCUT2D eigenvalue weighted by molar-refractivity contribution is -0.135. The zero-order chi connectivity index (χ0) is 32.3. The van der Waals surface area contributed by atoms with Crippen LogP contribution in [0.1, 0.15) is 47.1 Å². The van der Waals surface area contributed by atoms with E-state index in [0.717, 1.165) is 18.3 Å². The predicted molar refractivity (Wildman–Crippen MR) is 150 cm³/mol. The van der Waals surface area contributed by atoms with Crippen molar-refractivity contribution in [2.75, 3.05) is 6.61 Å². The third kappa shape index (κ3) is 11.4. The van der Waals surface area contributed by atoms with E-state index in [-0.39, 0.29) is 17.9 Å². The number of carbonyl (C=O) groups is 5. The van der Waals surface area contributed by atoms with Crippen LogP contribution >= 0.6 is 19.2 Å². The van der Waals surface area contributed by atoms with Gasteiger partial charge in [-0.1, -0.05) is 12.1 Å². The second-order valence-corrected chi connectivity index (χ2v) is 11.4. The maximum Gasteiger partial charge on any atom is 0.469 e. The maximum atomic E-state index is 13.1. The number of rotatable bonds is 16. The molecule has 0 saturated heterocycles. The second-order valence-electron chi connectivity index (χ2n) is 9.27. The molecule has 0 spiro atoms. The molecular weight excluding hydrogens is 611 g/mol. The minimum atomic E-state index is -5.06. The molecule has 0 aliphatic carbocycles. The van der Waals surface area contributed by atoms with Gasteiger partial charge in [0.2, 0.25) is 23.6 Å². The minimum absolute atomic E-state index is 0.182. The molecule has 0 fully saturated rings. The van der Waals surface area contributed by atoms with Crippen LogP contribution in [0.5, 0.6) is 0 Å². The van der Waals surface area contributed by atoms with Gasteiger partial charge in [0.15, 0.2) is 0 Å². The number of nitrogens with one attached hydrogen (secondary N) is 4. The average Bonchev–Trinajstić information content (AvgIpc) is 3.46. The normalized spacial score (nSPS) is 14.8. The fourth-order valence-electron chi connectivity index (χ4n) is 3.65. The monoisotopic (exact) mass is 644 g/mol. The third-order valence-electron chi connectivity index (χ3n) is 5.76. The first kappa shape index (κ1) is 35.4. The number of nitrogens with two attached hydrogens (primary N) is 1. The van der Waals surface area contributed by atoms with Gasteiger partial charge in [0.25, 0.3) is 5.91 Å². The smallest absolute Gasteiger partial charge is 0.394 e. The van der Waals surface area contributed by atoms with E-state index in [9.17, 15) is 33.6 Å². The third-order valence-corrected chi connectivity index (χ3v) is 7.21. The summed E-state index contributed by atoms with van der Waals surface area (Å²) in [5.41, 5.74) is 7.52. The summed E-state index contributed by atoms with van der Waals surface area (Å²) >= 11 is 1.01. The SMILES string of the molecule is C[C@H](CC(=O)N[C@H](C(=O)N[C@@H](CO)C(=O)N[C@H](C(N)=O)[C@@H](C)OP(=O)(O)O)c1cncs1)NC(=O)c1ccc(CO)cc1. The van der Waals surface area contributed by atoms with Crippen molar-refractivity contribution in [2.45, 2.75) is 57.1 Å². The molecule has 10 N–H and O–H groups in total. The number of phosphoric ester groups is 1. The molecule has 0 saturated carbocycles. The largest absolute Gasteiger partial charge is 0.469 e. The number of amides is 5. The first-order valence-electron chi connectivity index (χ1n) is 12.6. The molecule has 0 aliphatic heterocycles. The van der Waals surface area contributed by atoms with E-state index in [4.69, 9.17) is 20.6 Å². The van der Waals surface area contributed by atoms with E-state index in [1.807, 2.05) is 0 Å². The van der Waals surface area contributed by atoms with Crippen LogP contribution in [0.2, 0.25) is 0 Å². The van der Waals surface area contributed by atoms with Gasteiger partial charge >= 0.3 is 7.82 Å². The summed E-state index contributed by atoms with van der Waals surface area (Å²) in [6.45, 7) is 1.48. The molecule has 236 valence electrons. The number of aromatic nitrogens is 1. The number of carbonyl (C=O) groups excluding carboxylic acids is 5. The van der Waals surface area contributed by atoms with Crippen LogP contribution in [-0.2, 0) is 34.9 Å². The van der Waals surface area contributed by atoms with Gasteiger partial charge < -0.3 is 47.0 Å². The summed E-state index contributed by atoms with van der Waals surface area (Å²) in [5.74, 6) is -4.41. The van der Waals surface area contributed by atoms with E-state index in [0.29, 0.717) is 11.1 Å². The number of hydrogen-bond donors (Lipinski definition) is 9. The Kier molecular flexibility index (Phi) is 13.3. The lowest BCUT2D eigenvalue weighted by Gasteiger charge is -2.26. The number of benzene rings is 1. The molecule has 1 heterocycles. The molecule has 19 heteroatoms. The molecule has 2 rings (SSSR count). The van der Waals surface area contributed by atoms with Crippen molar-refractivity contribution in [1.82, 2.24) is 26.3 Å². The molecule has 17 nitrogen and oxygen atoms in total. The number of aliphatic hydroxyl groups excluding tert-OH is 2. The molecule has 0 bridgehead atoms. The van der Waals surface area contributed by atoms with Crippen molar-refractivity contribution >= 4 is 48.7 Å². The number of hydrogen-bond acceptors (Lipinski definition) is 11. The minimum Gasteiger partial charge on any atom is -0.394 e. The summed E-state index contributed by atoms with van der Waals surface area (Å²) in [6, 6.07) is 0.718. The van der Waals surface area contributed by atoms with Gasteiger partial charge in [-0.15, -0.1) is 11.3 Å². The highest BCUT2D eigenvalue weighted by atomic mass is 32.1. The number of thiazole rings is 1. The zero-order valence-corrected chi connectivity index (χ0v) is 24.7. The maximum absolute atomic E-state index is 13.1. The van der Waals surface area contributed by atoms with Crippen molar-refractivity contribution in [3.8, 4) is 0 Å². The number of aliphatic hydroxyl groups is 2. The summed E-state index contributed by atoms with van der Waals surface area (Å²) in [5, 5.41) is 28.3. The van der Waals surface area contributed by atoms with Crippen LogP contribution in [0.3, 0.4) is 0 Å². The van der Waals surface area contributed by atoms with Gasteiger partial charge in [-0.3, -0.25) is 33.5 Å². The van der Waals surface area contributed by atoms with Crippen molar-refractivity contribution in [3.63, 3.8) is 0 Å². The zero-order valence-electron chi connectivity index (χ0n) is 23.0. The molecule has 0 aliphatic rings. The lowest BCUT2D eigenvalue weighted by atomic mass is 10.1.